The van der Waals surface area contributed by atoms with Crippen molar-refractivity contribution in [3.05, 3.63) is 35.4 Å². The maximum absolute atomic E-state index is 9.86. The molecular weight excluding hydrogens is 292 g/mol. The Hall–Kier alpha value is -1.06. The highest BCUT2D eigenvalue weighted by Crippen LogP contribution is 2.22. The molecule has 0 bridgehead atoms. The third-order valence-electron chi connectivity index (χ3n) is 3.60. The zero-order chi connectivity index (χ0) is 16.1. The Balaban J connectivity index is 1.92. The maximum atomic E-state index is 9.86. The van der Waals surface area contributed by atoms with Gasteiger partial charge in [-0.2, -0.15) is 0 Å². The van der Waals surface area contributed by atoms with Crippen molar-refractivity contribution >= 4 is 0 Å². The first kappa shape index (κ1) is 17.3. The number of ether oxygens (including phenoxy) is 3. The van der Waals surface area contributed by atoms with E-state index in [1.54, 1.807) is 7.11 Å². The van der Waals surface area contributed by atoms with Gasteiger partial charge in [0.25, 0.3) is 0 Å². The van der Waals surface area contributed by atoms with Gasteiger partial charge in [0.15, 0.2) is 6.29 Å². The van der Waals surface area contributed by atoms with Crippen molar-refractivity contribution in [1.29, 1.82) is 0 Å². The Bertz CT molecular complexity index is 448. The highest BCUT2D eigenvalue weighted by atomic mass is 16.7. The van der Waals surface area contributed by atoms with E-state index in [1.807, 2.05) is 24.3 Å². The van der Waals surface area contributed by atoms with Crippen molar-refractivity contribution in [3.63, 3.8) is 0 Å². The molecular formula is C15H22O7. The summed E-state index contributed by atoms with van der Waals surface area (Å²) in [5.41, 5.74) is 1.89. The van der Waals surface area contributed by atoms with Crippen molar-refractivity contribution in [2.75, 3.05) is 13.7 Å². The molecule has 0 amide bonds. The quantitative estimate of drug-likeness (QED) is 0.541. The molecule has 5 unspecified atom stereocenters. The minimum atomic E-state index is -1.43. The van der Waals surface area contributed by atoms with Crippen LogP contribution in [-0.4, -0.2) is 64.8 Å². The van der Waals surface area contributed by atoms with Gasteiger partial charge in [-0.05, 0) is 11.1 Å². The summed E-state index contributed by atoms with van der Waals surface area (Å²) in [4.78, 5) is 0. The molecule has 7 nitrogen and oxygen atoms in total. The first-order chi connectivity index (χ1) is 10.6. The number of hydrogen-bond acceptors (Lipinski definition) is 7. The monoisotopic (exact) mass is 314 g/mol. The van der Waals surface area contributed by atoms with Crippen LogP contribution in [0.5, 0.6) is 0 Å². The Kier molecular flexibility index (Phi) is 6.27. The number of hydrogen-bond donors (Lipinski definition) is 4. The zero-order valence-corrected chi connectivity index (χ0v) is 12.3. The summed E-state index contributed by atoms with van der Waals surface area (Å²) in [5, 5.41) is 38.3. The average molecular weight is 314 g/mol. The molecule has 0 aliphatic carbocycles. The number of benzene rings is 1. The van der Waals surface area contributed by atoms with Gasteiger partial charge in [0.05, 0.1) is 19.8 Å². The van der Waals surface area contributed by atoms with Crippen molar-refractivity contribution in [2.45, 2.75) is 43.9 Å². The highest BCUT2D eigenvalue weighted by Gasteiger charge is 2.43. The largest absolute Gasteiger partial charge is 0.394 e. The SMILES string of the molecule is COCc1ccc(COC2OC(CO)C(O)C(O)C2O)cc1. The molecule has 22 heavy (non-hydrogen) atoms. The summed E-state index contributed by atoms with van der Waals surface area (Å²) in [6.45, 7) is 0.209. The first-order valence-electron chi connectivity index (χ1n) is 7.05. The third kappa shape index (κ3) is 4.02. The molecule has 7 heteroatoms. The van der Waals surface area contributed by atoms with E-state index in [-0.39, 0.29) is 6.61 Å². The molecule has 1 fully saturated rings. The van der Waals surface area contributed by atoms with E-state index in [1.165, 1.54) is 0 Å². The van der Waals surface area contributed by atoms with Gasteiger partial charge in [0.2, 0.25) is 0 Å². The number of rotatable bonds is 6. The van der Waals surface area contributed by atoms with Crippen molar-refractivity contribution < 1.29 is 34.6 Å². The molecule has 0 radical (unpaired) electrons. The molecule has 4 N–H and O–H groups in total. The fraction of sp³-hybridized carbons (Fsp3) is 0.600. The second-order valence-electron chi connectivity index (χ2n) is 5.26. The van der Waals surface area contributed by atoms with E-state index in [2.05, 4.69) is 0 Å². The van der Waals surface area contributed by atoms with Crippen LogP contribution in [-0.2, 0) is 27.4 Å². The fourth-order valence-corrected chi connectivity index (χ4v) is 2.28. The van der Waals surface area contributed by atoms with Crippen LogP contribution in [0.1, 0.15) is 11.1 Å². The van der Waals surface area contributed by atoms with Crippen LogP contribution in [0.25, 0.3) is 0 Å². The average Bonchev–Trinajstić information content (AvgIpc) is 2.54. The van der Waals surface area contributed by atoms with Gasteiger partial charge < -0.3 is 34.6 Å². The maximum Gasteiger partial charge on any atom is 0.187 e. The normalized spacial score (nSPS) is 32.1. The van der Waals surface area contributed by atoms with E-state index >= 15 is 0 Å². The summed E-state index contributed by atoms with van der Waals surface area (Å²) in [7, 11) is 1.62. The summed E-state index contributed by atoms with van der Waals surface area (Å²) < 4.78 is 15.7. The molecule has 1 heterocycles. The first-order valence-corrected chi connectivity index (χ1v) is 7.05. The molecule has 2 rings (SSSR count). The van der Waals surface area contributed by atoms with E-state index in [0.717, 1.165) is 11.1 Å². The molecule has 1 aromatic rings. The lowest BCUT2D eigenvalue weighted by Crippen LogP contribution is -2.59. The van der Waals surface area contributed by atoms with Crippen LogP contribution < -0.4 is 0 Å². The number of aliphatic hydroxyl groups is 4. The summed E-state index contributed by atoms with van der Waals surface area (Å²) in [6.07, 6.45) is -6.28. The van der Waals surface area contributed by atoms with E-state index < -0.39 is 37.3 Å². The van der Waals surface area contributed by atoms with Gasteiger partial charge in [0.1, 0.15) is 24.4 Å². The topological polar surface area (TPSA) is 109 Å². The van der Waals surface area contributed by atoms with Crippen LogP contribution in [0.2, 0.25) is 0 Å². The van der Waals surface area contributed by atoms with Crippen LogP contribution in [0.3, 0.4) is 0 Å². The molecule has 1 aliphatic rings. The van der Waals surface area contributed by atoms with Gasteiger partial charge in [-0.1, -0.05) is 24.3 Å². The molecule has 5 atom stereocenters. The lowest BCUT2D eigenvalue weighted by molar-refractivity contribution is -0.304. The molecule has 1 saturated heterocycles. The van der Waals surface area contributed by atoms with E-state index in [9.17, 15) is 15.3 Å². The smallest absolute Gasteiger partial charge is 0.187 e. The second-order valence-corrected chi connectivity index (χ2v) is 5.26. The third-order valence-corrected chi connectivity index (χ3v) is 3.60. The molecule has 1 aliphatic heterocycles. The second kappa shape index (κ2) is 7.98. The van der Waals surface area contributed by atoms with Crippen molar-refractivity contribution in [2.24, 2.45) is 0 Å². The highest BCUT2D eigenvalue weighted by molar-refractivity contribution is 5.21. The predicted molar refractivity (Wildman–Crippen MR) is 75.7 cm³/mol. The van der Waals surface area contributed by atoms with Gasteiger partial charge in [-0.25, -0.2) is 0 Å². The number of methoxy groups -OCH3 is 1. The number of aliphatic hydroxyl groups excluding tert-OH is 4. The molecule has 0 aromatic heterocycles. The van der Waals surface area contributed by atoms with Crippen molar-refractivity contribution in [1.82, 2.24) is 0 Å². The van der Waals surface area contributed by atoms with Gasteiger partial charge in [-0.3, -0.25) is 0 Å². The van der Waals surface area contributed by atoms with Gasteiger partial charge >= 0.3 is 0 Å². The summed E-state index contributed by atoms with van der Waals surface area (Å²) >= 11 is 0. The molecule has 124 valence electrons. The van der Waals surface area contributed by atoms with Crippen LogP contribution in [0.15, 0.2) is 24.3 Å². The Morgan fingerprint density at radius 2 is 1.55 bits per heavy atom. The Morgan fingerprint density at radius 3 is 2.09 bits per heavy atom. The summed E-state index contributed by atoms with van der Waals surface area (Å²) in [5.74, 6) is 0. The predicted octanol–water partition coefficient (Wildman–Crippen LogP) is -0.851. The van der Waals surface area contributed by atoms with E-state index in [4.69, 9.17) is 19.3 Å². The van der Waals surface area contributed by atoms with Gasteiger partial charge in [-0.15, -0.1) is 0 Å². The molecule has 0 saturated carbocycles. The van der Waals surface area contributed by atoms with Crippen LogP contribution >= 0.6 is 0 Å². The minimum absolute atomic E-state index is 0.163. The Labute approximate surface area is 128 Å². The Morgan fingerprint density at radius 1 is 0.955 bits per heavy atom. The fourth-order valence-electron chi connectivity index (χ4n) is 2.28. The summed E-state index contributed by atoms with van der Waals surface area (Å²) in [6, 6.07) is 7.52. The van der Waals surface area contributed by atoms with Crippen LogP contribution in [0.4, 0.5) is 0 Å². The van der Waals surface area contributed by atoms with Crippen molar-refractivity contribution in [3.8, 4) is 0 Å². The molecule has 0 spiro atoms. The lowest BCUT2D eigenvalue weighted by Gasteiger charge is -2.39. The van der Waals surface area contributed by atoms with Gasteiger partial charge in [0, 0.05) is 7.11 Å². The standard InChI is InChI=1S/C15H22O7/c1-20-7-9-2-4-10(5-3-9)8-21-15-14(19)13(18)12(17)11(6-16)22-15/h2-5,11-19H,6-8H2,1H3. The van der Waals surface area contributed by atoms with Crippen LogP contribution in [0, 0.1) is 0 Å². The zero-order valence-electron chi connectivity index (χ0n) is 12.3. The minimum Gasteiger partial charge on any atom is -0.394 e. The molecule has 1 aromatic carbocycles. The lowest BCUT2D eigenvalue weighted by atomic mass is 9.99. The van der Waals surface area contributed by atoms with E-state index in [0.29, 0.717) is 6.61 Å².